The first-order valence-corrected chi connectivity index (χ1v) is 12.7. The molecule has 0 saturated carbocycles. The molecule has 0 saturated heterocycles. The standard InChI is InChI=1S/C35H29N/c1-25(2)27-16-13-19-29(24-27)36(28-17-7-4-8-18-28)35-32-22-11-9-20-30(32)34(26-14-5-3-6-15-26)31-21-10-12-23-33(31)35/h3-25H,1-2H3. The fourth-order valence-corrected chi connectivity index (χ4v) is 5.27. The molecule has 0 radical (unpaired) electrons. The molecule has 0 aliphatic heterocycles. The molecule has 0 unspecified atom stereocenters. The smallest absolute Gasteiger partial charge is 0.0618 e. The first-order chi connectivity index (χ1) is 17.7. The maximum atomic E-state index is 2.44. The van der Waals surface area contributed by atoms with Crippen molar-refractivity contribution in [2.75, 3.05) is 4.90 Å². The highest BCUT2D eigenvalue weighted by molar-refractivity contribution is 6.22. The van der Waals surface area contributed by atoms with Gasteiger partial charge in [-0.15, -0.1) is 0 Å². The number of fused-ring (bicyclic) bond motifs is 2. The molecule has 0 aliphatic rings. The molecule has 0 heterocycles. The third kappa shape index (κ3) is 3.83. The summed E-state index contributed by atoms with van der Waals surface area (Å²) in [5.41, 5.74) is 7.41. The highest BCUT2D eigenvalue weighted by Gasteiger charge is 2.22. The van der Waals surface area contributed by atoms with Crippen LogP contribution in [-0.2, 0) is 0 Å². The SMILES string of the molecule is CC(C)c1cccc(N(c2ccccc2)c2c3ccccc3c(-c3ccccc3)c3ccccc23)c1. The molecule has 0 aliphatic carbocycles. The molecule has 0 N–H and O–H groups in total. The minimum Gasteiger partial charge on any atom is -0.309 e. The Morgan fingerprint density at radius 3 is 1.56 bits per heavy atom. The van der Waals surface area contributed by atoms with Crippen molar-refractivity contribution >= 4 is 38.6 Å². The third-order valence-electron chi connectivity index (χ3n) is 7.00. The van der Waals surface area contributed by atoms with Crippen LogP contribution in [0.3, 0.4) is 0 Å². The molecule has 174 valence electrons. The van der Waals surface area contributed by atoms with Crippen LogP contribution in [0.25, 0.3) is 32.7 Å². The number of anilines is 3. The van der Waals surface area contributed by atoms with E-state index in [0.717, 1.165) is 5.69 Å². The second-order valence-corrected chi connectivity index (χ2v) is 9.60. The average Bonchev–Trinajstić information content (AvgIpc) is 2.94. The lowest BCUT2D eigenvalue weighted by Crippen LogP contribution is -2.12. The fourth-order valence-electron chi connectivity index (χ4n) is 5.27. The van der Waals surface area contributed by atoms with Crippen molar-refractivity contribution in [2.24, 2.45) is 0 Å². The van der Waals surface area contributed by atoms with Crippen LogP contribution in [-0.4, -0.2) is 0 Å². The fraction of sp³-hybridized carbons (Fsp3) is 0.0857. The Labute approximate surface area is 213 Å². The topological polar surface area (TPSA) is 3.24 Å². The molecule has 0 amide bonds. The Morgan fingerprint density at radius 2 is 0.972 bits per heavy atom. The zero-order valence-corrected chi connectivity index (χ0v) is 20.7. The van der Waals surface area contributed by atoms with Crippen LogP contribution in [0.2, 0.25) is 0 Å². The Morgan fingerprint density at radius 1 is 0.472 bits per heavy atom. The summed E-state index contributed by atoms with van der Waals surface area (Å²) in [6, 6.07) is 48.2. The van der Waals surface area contributed by atoms with Crippen molar-refractivity contribution in [1.29, 1.82) is 0 Å². The van der Waals surface area contributed by atoms with Crippen LogP contribution in [0.4, 0.5) is 17.1 Å². The van der Waals surface area contributed by atoms with Crippen molar-refractivity contribution in [1.82, 2.24) is 0 Å². The highest BCUT2D eigenvalue weighted by atomic mass is 15.1. The highest BCUT2D eigenvalue weighted by Crippen LogP contribution is 2.48. The van der Waals surface area contributed by atoms with Crippen LogP contribution in [0, 0.1) is 0 Å². The predicted octanol–water partition coefficient (Wildman–Crippen LogP) is 10.3. The van der Waals surface area contributed by atoms with E-state index in [-0.39, 0.29) is 0 Å². The van der Waals surface area contributed by atoms with E-state index < -0.39 is 0 Å². The number of nitrogens with zero attached hydrogens (tertiary/aromatic N) is 1. The van der Waals surface area contributed by atoms with E-state index in [0.29, 0.717) is 5.92 Å². The van der Waals surface area contributed by atoms with Gasteiger partial charge in [0.05, 0.1) is 5.69 Å². The number of hydrogen-bond acceptors (Lipinski definition) is 1. The van der Waals surface area contributed by atoms with Gasteiger partial charge in [0, 0.05) is 22.1 Å². The second-order valence-electron chi connectivity index (χ2n) is 9.60. The van der Waals surface area contributed by atoms with E-state index in [1.807, 2.05) is 0 Å². The van der Waals surface area contributed by atoms with E-state index in [2.05, 4.69) is 152 Å². The van der Waals surface area contributed by atoms with Crippen LogP contribution >= 0.6 is 0 Å². The minimum atomic E-state index is 0.455. The molecule has 0 aromatic heterocycles. The van der Waals surface area contributed by atoms with Gasteiger partial charge in [-0.2, -0.15) is 0 Å². The molecule has 6 aromatic rings. The Balaban J connectivity index is 1.76. The maximum Gasteiger partial charge on any atom is 0.0618 e. The van der Waals surface area contributed by atoms with Crippen molar-refractivity contribution in [2.45, 2.75) is 19.8 Å². The van der Waals surface area contributed by atoms with Crippen LogP contribution in [0.15, 0.2) is 133 Å². The first-order valence-electron chi connectivity index (χ1n) is 12.7. The number of para-hydroxylation sites is 1. The second kappa shape index (κ2) is 9.36. The van der Waals surface area contributed by atoms with Gasteiger partial charge in [-0.3, -0.25) is 0 Å². The number of benzene rings is 6. The van der Waals surface area contributed by atoms with E-state index in [1.54, 1.807) is 0 Å². The van der Waals surface area contributed by atoms with E-state index >= 15 is 0 Å². The van der Waals surface area contributed by atoms with Gasteiger partial charge in [0.25, 0.3) is 0 Å². The lowest BCUT2D eigenvalue weighted by molar-refractivity contribution is 0.866. The summed E-state index contributed by atoms with van der Waals surface area (Å²) >= 11 is 0. The summed E-state index contributed by atoms with van der Waals surface area (Å²) in [5.74, 6) is 0.455. The molecular weight excluding hydrogens is 434 g/mol. The maximum absolute atomic E-state index is 2.44. The summed E-state index contributed by atoms with van der Waals surface area (Å²) in [6.45, 7) is 4.51. The van der Waals surface area contributed by atoms with E-state index in [1.165, 1.54) is 49.6 Å². The van der Waals surface area contributed by atoms with Gasteiger partial charge >= 0.3 is 0 Å². The summed E-state index contributed by atoms with van der Waals surface area (Å²) < 4.78 is 0. The zero-order chi connectivity index (χ0) is 24.5. The Hall–Kier alpha value is -4.36. The molecule has 0 fully saturated rings. The van der Waals surface area contributed by atoms with Gasteiger partial charge in [0.2, 0.25) is 0 Å². The summed E-state index contributed by atoms with van der Waals surface area (Å²) in [4.78, 5) is 2.44. The lowest BCUT2D eigenvalue weighted by Gasteiger charge is -2.30. The molecular formula is C35H29N. The number of rotatable bonds is 5. The molecule has 0 spiro atoms. The van der Waals surface area contributed by atoms with E-state index in [9.17, 15) is 0 Å². The predicted molar refractivity (Wildman–Crippen MR) is 156 cm³/mol. The van der Waals surface area contributed by atoms with Crippen molar-refractivity contribution in [3.63, 3.8) is 0 Å². The molecule has 1 heteroatoms. The van der Waals surface area contributed by atoms with Gasteiger partial charge in [0.1, 0.15) is 0 Å². The van der Waals surface area contributed by atoms with Crippen molar-refractivity contribution in [3.8, 4) is 11.1 Å². The molecule has 6 aromatic carbocycles. The first kappa shape index (κ1) is 22.1. The molecule has 6 rings (SSSR count). The molecule has 1 nitrogen and oxygen atoms in total. The van der Waals surface area contributed by atoms with Gasteiger partial charge in [-0.1, -0.05) is 123 Å². The molecule has 0 atom stereocenters. The quantitative estimate of drug-likeness (QED) is 0.230. The van der Waals surface area contributed by atoms with Gasteiger partial charge in [0.15, 0.2) is 0 Å². The van der Waals surface area contributed by atoms with Crippen LogP contribution in [0.5, 0.6) is 0 Å². The Bertz CT molecular complexity index is 1590. The zero-order valence-electron chi connectivity index (χ0n) is 20.7. The summed E-state index contributed by atoms with van der Waals surface area (Å²) in [6.07, 6.45) is 0. The van der Waals surface area contributed by atoms with Crippen molar-refractivity contribution < 1.29 is 0 Å². The Kier molecular flexibility index (Phi) is 5.75. The van der Waals surface area contributed by atoms with Crippen molar-refractivity contribution in [3.05, 3.63) is 139 Å². The third-order valence-corrected chi connectivity index (χ3v) is 7.00. The van der Waals surface area contributed by atoms with Crippen LogP contribution < -0.4 is 4.90 Å². The number of hydrogen-bond donors (Lipinski definition) is 0. The monoisotopic (exact) mass is 463 g/mol. The minimum absolute atomic E-state index is 0.455. The van der Waals surface area contributed by atoms with Crippen LogP contribution in [0.1, 0.15) is 25.3 Å². The largest absolute Gasteiger partial charge is 0.309 e. The summed E-state index contributed by atoms with van der Waals surface area (Å²) in [5, 5.41) is 5.01. The van der Waals surface area contributed by atoms with Gasteiger partial charge < -0.3 is 4.90 Å². The average molecular weight is 464 g/mol. The summed E-state index contributed by atoms with van der Waals surface area (Å²) in [7, 11) is 0. The molecule has 36 heavy (non-hydrogen) atoms. The van der Waals surface area contributed by atoms with Gasteiger partial charge in [-0.25, -0.2) is 0 Å². The van der Waals surface area contributed by atoms with E-state index in [4.69, 9.17) is 0 Å². The molecule has 0 bridgehead atoms. The van der Waals surface area contributed by atoms with Gasteiger partial charge in [-0.05, 0) is 57.6 Å². The normalized spacial score (nSPS) is 11.3. The lowest BCUT2D eigenvalue weighted by atomic mass is 9.90.